The second-order valence-electron chi connectivity index (χ2n) is 4.52. The Kier molecular flexibility index (Phi) is 2.43. The van der Waals surface area contributed by atoms with Crippen molar-refractivity contribution in [2.24, 2.45) is 0 Å². The number of hydrogen-bond acceptors (Lipinski definition) is 3. The van der Waals surface area contributed by atoms with Crippen molar-refractivity contribution in [1.29, 1.82) is 0 Å². The predicted molar refractivity (Wildman–Crippen MR) is 64.9 cm³/mol. The van der Waals surface area contributed by atoms with Gasteiger partial charge in [0.15, 0.2) is 0 Å². The minimum Gasteiger partial charge on any atom is -0.478 e. The quantitative estimate of drug-likeness (QED) is 0.791. The van der Waals surface area contributed by atoms with Crippen molar-refractivity contribution >= 4 is 17.0 Å². The fraction of sp³-hybridized carbons (Fsp3) is 0.417. The molecule has 0 fully saturated rings. The van der Waals surface area contributed by atoms with Gasteiger partial charge in [0.2, 0.25) is 0 Å². The van der Waals surface area contributed by atoms with E-state index >= 15 is 0 Å². The van der Waals surface area contributed by atoms with Crippen LogP contribution in [0.4, 0.5) is 0 Å². The summed E-state index contributed by atoms with van der Waals surface area (Å²) in [7, 11) is 0. The van der Waals surface area contributed by atoms with E-state index in [4.69, 9.17) is 0 Å². The summed E-state index contributed by atoms with van der Waals surface area (Å²) in [5.74, 6) is -1.01. The third-order valence-corrected chi connectivity index (χ3v) is 3.46. The first-order chi connectivity index (χ1) is 8.70. The third-order valence-electron chi connectivity index (χ3n) is 3.46. The van der Waals surface area contributed by atoms with Crippen molar-refractivity contribution in [2.45, 2.75) is 32.2 Å². The zero-order valence-corrected chi connectivity index (χ0v) is 9.77. The average molecular weight is 247 g/mol. The van der Waals surface area contributed by atoms with Crippen LogP contribution in [-0.2, 0) is 13.0 Å². The van der Waals surface area contributed by atoms with Crippen LogP contribution in [0.25, 0.3) is 11.0 Å². The van der Waals surface area contributed by atoms with E-state index in [1.54, 1.807) is 0 Å². The first-order valence-corrected chi connectivity index (χ1v) is 6.02. The Balaban J connectivity index is 2.45. The van der Waals surface area contributed by atoms with Gasteiger partial charge in [-0.3, -0.25) is 4.79 Å². The fourth-order valence-electron chi connectivity index (χ4n) is 2.70. The molecule has 2 N–H and O–H groups in total. The molecular weight excluding hydrogens is 234 g/mol. The lowest BCUT2D eigenvalue weighted by Crippen LogP contribution is -2.12. The van der Waals surface area contributed by atoms with E-state index in [-0.39, 0.29) is 11.1 Å². The number of fused-ring (bicyclic) bond motifs is 3. The first-order valence-electron chi connectivity index (χ1n) is 6.02. The Bertz CT molecular complexity index is 684. The Labute approximate surface area is 102 Å². The number of nitrogens with zero attached hydrogens (tertiary/aromatic N) is 2. The van der Waals surface area contributed by atoms with Gasteiger partial charge in [-0.2, -0.15) is 0 Å². The molecule has 1 aliphatic rings. The lowest BCUT2D eigenvalue weighted by atomic mass is 10.1. The van der Waals surface area contributed by atoms with E-state index in [1.807, 2.05) is 4.57 Å². The lowest BCUT2D eigenvalue weighted by molar-refractivity contribution is 0.0697. The summed E-state index contributed by atoms with van der Waals surface area (Å²) >= 11 is 0. The molecule has 0 bridgehead atoms. The molecule has 3 heterocycles. The summed E-state index contributed by atoms with van der Waals surface area (Å²) < 4.78 is 1.83. The van der Waals surface area contributed by atoms with Gasteiger partial charge >= 0.3 is 5.97 Å². The number of nitrogens with one attached hydrogen (secondary N) is 1. The largest absolute Gasteiger partial charge is 0.478 e. The molecule has 6 heteroatoms. The topological polar surface area (TPSA) is 88.0 Å². The number of hydrogen-bond donors (Lipinski definition) is 2. The van der Waals surface area contributed by atoms with Crippen LogP contribution in [-0.4, -0.2) is 25.6 Å². The Hall–Kier alpha value is -2.11. The first kappa shape index (κ1) is 11.0. The summed E-state index contributed by atoms with van der Waals surface area (Å²) in [6.45, 7) is 0.688. The van der Waals surface area contributed by atoms with Crippen molar-refractivity contribution in [2.75, 3.05) is 0 Å². The minimum atomic E-state index is -1.01. The van der Waals surface area contributed by atoms with E-state index in [9.17, 15) is 14.7 Å². The van der Waals surface area contributed by atoms with Crippen LogP contribution in [0, 0.1) is 0 Å². The number of aromatic nitrogens is 3. The molecule has 0 atom stereocenters. The molecule has 0 radical (unpaired) electrons. The van der Waals surface area contributed by atoms with Gasteiger partial charge in [0, 0.05) is 12.2 Å². The van der Waals surface area contributed by atoms with Crippen molar-refractivity contribution in [3.05, 3.63) is 27.9 Å². The number of rotatable bonds is 1. The summed E-state index contributed by atoms with van der Waals surface area (Å²) in [4.78, 5) is 29.9. The maximum Gasteiger partial charge on any atom is 0.339 e. The Morgan fingerprint density at radius 2 is 2.22 bits per heavy atom. The number of carboxylic acid groups (broad SMARTS) is 1. The normalized spacial score (nSPS) is 15.3. The van der Waals surface area contributed by atoms with Gasteiger partial charge in [-0.25, -0.2) is 9.78 Å². The minimum absolute atomic E-state index is 0.193. The van der Waals surface area contributed by atoms with Crippen molar-refractivity contribution < 1.29 is 9.90 Å². The third kappa shape index (κ3) is 1.45. The molecule has 2 aromatic heterocycles. The van der Waals surface area contributed by atoms with Crippen LogP contribution < -0.4 is 5.56 Å². The Morgan fingerprint density at radius 3 is 3.00 bits per heavy atom. The van der Waals surface area contributed by atoms with E-state index < -0.39 is 5.97 Å². The summed E-state index contributed by atoms with van der Waals surface area (Å²) in [6, 6.07) is 0. The predicted octanol–water partition coefficient (Wildman–Crippen LogP) is 1.15. The molecule has 2 aromatic rings. The van der Waals surface area contributed by atoms with E-state index in [2.05, 4.69) is 9.97 Å². The second-order valence-corrected chi connectivity index (χ2v) is 4.52. The molecule has 0 aliphatic carbocycles. The van der Waals surface area contributed by atoms with Crippen LogP contribution in [0.3, 0.4) is 0 Å². The number of carbonyl (C=O) groups is 1. The number of H-pyrrole nitrogens is 1. The maximum absolute atomic E-state index is 11.9. The molecule has 1 aliphatic heterocycles. The van der Waals surface area contributed by atoms with Gasteiger partial charge in [-0.15, -0.1) is 0 Å². The molecule has 0 aromatic carbocycles. The van der Waals surface area contributed by atoms with Crippen LogP contribution >= 0.6 is 0 Å². The smallest absolute Gasteiger partial charge is 0.339 e. The molecular formula is C12H13N3O3. The van der Waals surface area contributed by atoms with Crippen molar-refractivity contribution in [3.63, 3.8) is 0 Å². The standard InChI is InChI=1S/C12H13N3O3/c16-11-10-9(13-6-14-11)8(12(17)18)7-4-2-1-3-5-15(7)10/h6H,1-5H2,(H,17,18)(H,13,14,16). The Morgan fingerprint density at radius 1 is 1.39 bits per heavy atom. The van der Waals surface area contributed by atoms with Crippen LogP contribution in [0.1, 0.15) is 35.3 Å². The van der Waals surface area contributed by atoms with Crippen LogP contribution in [0.5, 0.6) is 0 Å². The highest BCUT2D eigenvalue weighted by Crippen LogP contribution is 2.26. The van der Waals surface area contributed by atoms with Gasteiger partial charge in [0.05, 0.1) is 6.33 Å². The number of aromatic amines is 1. The highest BCUT2D eigenvalue weighted by molar-refractivity contribution is 6.03. The molecule has 0 saturated carbocycles. The van der Waals surface area contributed by atoms with E-state index in [0.717, 1.165) is 25.0 Å². The fourth-order valence-corrected chi connectivity index (χ4v) is 2.70. The van der Waals surface area contributed by atoms with Gasteiger partial charge in [0.1, 0.15) is 16.6 Å². The van der Waals surface area contributed by atoms with Crippen LogP contribution in [0.15, 0.2) is 11.1 Å². The van der Waals surface area contributed by atoms with Crippen LogP contribution in [0.2, 0.25) is 0 Å². The van der Waals surface area contributed by atoms with E-state index in [0.29, 0.717) is 24.0 Å². The summed E-state index contributed by atoms with van der Waals surface area (Å²) in [5, 5.41) is 9.34. The molecule has 6 nitrogen and oxygen atoms in total. The highest BCUT2D eigenvalue weighted by Gasteiger charge is 2.25. The van der Waals surface area contributed by atoms with Gasteiger partial charge in [0.25, 0.3) is 5.56 Å². The molecule has 0 spiro atoms. The second kappa shape index (κ2) is 3.97. The number of carboxylic acids is 1. The summed E-state index contributed by atoms with van der Waals surface area (Å²) in [6.07, 6.45) is 4.92. The van der Waals surface area contributed by atoms with E-state index in [1.165, 1.54) is 6.33 Å². The molecule has 0 amide bonds. The molecule has 3 rings (SSSR count). The molecule has 18 heavy (non-hydrogen) atoms. The number of aryl methyl sites for hydroxylation is 1. The van der Waals surface area contributed by atoms with Gasteiger partial charge in [-0.1, -0.05) is 6.42 Å². The SMILES string of the molecule is O=C(O)c1c2n(c3c(=O)[nH]cnc13)CCCCC2. The van der Waals surface area contributed by atoms with Crippen molar-refractivity contribution in [1.82, 2.24) is 14.5 Å². The zero-order chi connectivity index (χ0) is 12.7. The number of aromatic carboxylic acids is 1. The molecule has 94 valence electrons. The summed E-state index contributed by atoms with van der Waals surface area (Å²) in [5.41, 5.74) is 1.36. The average Bonchev–Trinajstić information content (AvgIpc) is 2.49. The van der Waals surface area contributed by atoms with Gasteiger partial charge in [-0.05, 0) is 19.3 Å². The van der Waals surface area contributed by atoms with Crippen molar-refractivity contribution in [3.8, 4) is 0 Å². The molecule has 0 unspecified atom stereocenters. The van der Waals surface area contributed by atoms with Gasteiger partial charge < -0.3 is 14.7 Å². The monoisotopic (exact) mass is 247 g/mol. The maximum atomic E-state index is 11.9. The molecule has 0 saturated heterocycles. The lowest BCUT2D eigenvalue weighted by Gasteiger charge is -2.04. The highest BCUT2D eigenvalue weighted by atomic mass is 16.4. The zero-order valence-electron chi connectivity index (χ0n) is 9.77.